The smallest absolute Gasteiger partial charge is 0.160 e. The molecule has 0 fully saturated rings. The van der Waals surface area contributed by atoms with E-state index in [0.29, 0.717) is 5.82 Å². The van der Waals surface area contributed by atoms with Gasteiger partial charge in [-0.25, -0.2) is 19.9 Å². The summed E-state index contributed by atoms with van der Waals surface area (Å²) in [5.74, 6) is 0.665. The van der Waals surface area contributed by atoms with Crippen LogP contribution in [0.5, 0.6) is 0 Å². The molecule has 0 saturated carbocycles. The lowest BCUT2D eigenvalue weighted by Gasteiger charge is -2.13. The summed E-state index contributed by atoms with van der Waals surface area (Å²) >= 11 is 0. The van der Waals surface area contributed by atoms with Gasteiger partial charge in [-0.3, -0.25) is 0 Å². The minimum absolute atomic E-state index is 0.665. The minimum Gasteiger partial charge on any atom is -0.245 e. The topological polar surface area (TPSA) is 51.6 Å². The Balaban J connectivity index is 0.997. The Hall–Kier alpha value is -7.82. The van der Waals surface area contributed by atoms with Gasteiger partial charge in [0.15, 0.2) is 5.82 Å². The highest BCUT2D eigenvalue weighted by atomic mass is 14.9. The zero-order valence-electron chi connectivity index (χ0n) is 31.4. The fourth-order valence-corrected chi connectivity index (χ4v) is 8.14. The highest BCUT2D eigenvalue weighted by Gasteiger charge is 2.15. The molecule has 0 aliphatic rings. The molecule has 4 heteroatoms. The average Bonchev–Trinajstić information content (AvgIpc) is 3.31. The molecule has 3 aromatic heterocycles. The highest BCUT2D eigenvalue weighted by molar-refractivity contribution is 6.14. The van der Waals surface area contributed by atoms with Crippen LogP contribution in [0.2, 0.25) is 0 Å². The molecule has 0 aliphatic heterocycles. The molecule has 0 aliphatic carbocycles. The van der Waals surface area contributed by atoms with Crippen molar-refractivity contribution in [1.29, 1.82) is 0 Å². The summed E-state index contributed by atoms with van der Waals surface area (Å²) in [6.07, 6.45) is 0. The monoisotopic (exact) mass is 738 g/mol. The van der Waals surface area contributed by atoms with E-state index in [1.807, 2.05) is 36.4 Å². The SMILES string of the molecule is c1ccc(-c2cc(-c3ccccc3)nc(-c3cccc(-c4ccc5ccc6ccc(-c7cccc(-c8cc9ccccc9c9ccccc89)c7)nc6c5n4)c3)n2)cc1. The van der Waals surface area contributed by atoms with E-state index in [1.54, 1.807) is 0 Å². The summed E-state index contributed by atoms with van der Waals surface area (Å²) in [5.41, 5.74) is 12.7. The molecule has 11 rings (SSSR count). The zero-order chi connectivity index (χ0) is 38.4. The summed E-state index contributed by atoms with van der Waals surface area (Å²) in [7, 11) is 0. The maximum atomic E-state index is 5.32. The Bertz CT molecular complexity index is 3280. The quantitative estimate of drug-likeness (QED) is 0.159. The van der Waals surface area contributed by atoms with Gasteiger partial charge in [-0.15, -0.1) is 0 Å². The van der Waals surface area contributed by atoms with E-state index in [4.69, 9.17) is 19.9 Å². The van der Waals surface area contributed by atoms with Gasteiger partial charge in [0.2, 0.25) is 0 Å². The minimum atomic E-state index is 0.665. The van der Waals surface area contributed by atoms with E-state index in [-0.39, 0.29) is 0 Å². The van der Waals surface area contributed by atoms with E-state index in [2.05, 4.69) is 170 Å². The van der Waals surface area contributed by atoms with Crippen molar-refractivity contribution in [2.24, 2.45) is 0 Å². The number of rotatable bonds is 6. The molecule has 0 atom stereocenters. The van der Waals surface area contributed by atoms with Crippen molar-refractivity contribution in [2.45, 2.75) is 0 Å². The van der Waals surface area contributed by atoms with E-state index in [1.165, 1.54) is 27.1 Å². The third-order valence-electron chi connectivity index (χ3n) is 11.0. The van der Waals surface area contributed by atoms with Crippen molar-refractivity contribution in [3.05, 3.63) is 206 Å². The maximum Gasteiger partial charge on any atom is 0.160 e. The van der Waals surface area contributed by atoms with Crippen LogP contribution in [0.15, 0.2) is 206 Å². The molecule has 4 nitrogen and oxygen atoms in total. The van der Waals surface area contributed by atoms with Crippen LogP contribution < -0.4 is 0 Å². The second-order valence-electron chi connectivity index (χ2n) is 14.6. The highest BCUT2D eigenvalue weighted by Crippen LogP contribution is 2.37. The van der Waals surface area contributed by atoms with Crippen LogP contribution in [0.25, 0.3) is 111 Å². The van der Waals surface area contributed by atoms with Gasteiger partial charge in [-0.2, -0.15) is 0 Å². The van der Waals surface area contributed by atoms with E-state index < -0.39 is 0 Å². The second-order valence-corrected chi connectivity index (χ2v) is 14.6. The lowest BCUT2D eigenvalue weighted by atomic mass is 9.92. The fraction of sp³-hybridized carbons (Fsp3) is 0. The Morgan fingerprint density at radius 3 is 1.33 bits per heavy atom. The third kappa shape index (κ3) is 6.05. The van der Waals surface area contributed by atoms with E-state index in [0.717, 1.165) is 78.0 Å². The van der Waals surface area contributed by atoms with E-state index >= 15 is 0 Å². The number of pyridine rings is 2. The average molecular weight is 739 g/mol. The number of hydrogen-bond donors (Lipinski definition) is 0. The van der Waals surface area contributed by atoms with Crippen LogP contribution in [-0.2, 0) is 0 Å². The predicted octanol–water partition coefficient (Wildman–Crippen LogP) is 13.9. The summed E-state index contributed by atoms with van der Waals surface area (Å²) in [4.78, 5) is 20.8. The molecule has 0 N–H and O–H groups in total. The van der Waals surface area contributed by atoms with Gasteiger partial charge in [0.25, 0.3) is 0 Å². The lowest BCUT2D eigenvalue weighted by Crippen LogP contribution is -1.96. The van der Waals surface area contributed by atoms with Gasteiger partial charge in [0.05, 0.1) is 33.8 Å². The molecule has 0 amide bonds. The first kappa shape index (κ1) is 33.5. The van der Waals surface area contributed by atoms with E-state index in [9.17, 15) is 0 Å². The van der Waals surface area contributed by atoms with Crippen LogP contribution in [0.3, 0.4) is 0 Å². The van der Waals surface area contributed by atoms with Crippen LogP contribution in [0.1, 0.15) is 0 Å². The van der Waals surface area contributed by atoms with Crippen LogP contribution in [0, 0.1) is 0 Å². The Kier molecular flexibility index (Phi) is 8.11. The Labute approximate surface area is 335 Å². The van der Waals surface area contributed by atoms with Gasteiger partial charge in [-0.1, -0.05) is 170 Å². The van der Waals surface area contributed by atoms with Gasteiger partial charge in [0.1, 0.15) is 0 Å². The number of aromatic nitrogens is 4. The molecule has 270 valence electrons. The van der Waals surface area contributed by atoms with Crippen LogP contribution in [0.4, 0.5) is 0 Å². The van der Waals surface area contributed by atoms with Gasteiger partial charge >= 0.3 is 0 Å². The molecule has 0 unspecified atom stereocenters. The van der Waals surface area contributed by atoms with Crippen LogP contribution >= 0.6 is 0 Å². The van der Waals surface area contributed by atoms with Crippen LogP contribution in [-0.4, -0.2) is 19.9 Å². The number of hydrogen-bond acceptors (Lipinski definition) is 4. The Morgan fingerprint density at radius 1 is 0.241 bits per heavy atom. The maximum absolute atomic E-state index is 5.32. The molecular weight excluding hydrogens is 705 g/mol. The van der Waals surface area contributed by atoms with Crippen molar-refractivity contribution >= 4 is 43.4 Å². The Morgan fingerprint density at radius 2 is 0.707 bits per heavy atom. The zero-order valence-corrected chi connectivity index (χ0v) is 31.4. The summed E-state index contributed by atoms with van der Waals surface area (Å²) in [5, 5.41) is 7.08. The van der Waals surface area contributed by atoms with Gasteiger partial charge in [-0.05, 0) is 69.1 Å². The van der Waals surface area contributed by atoms with Crippen molar-refractivity contribution in [2.75, 3.05) is 0 Å². The van der Waals surface area contributed by atoms with Gasteiger partial charge < -0.3 is 0 Å². The molecule has 58 heavy (non-hydrogen) atoms. The first-order valence-corrected chi connectivity index (χ1v) is 19.5. The number of benzene rings is 8. The molecule has 8 aromatic carbocycles. The largest absolute Gasteiger partial charge is 0.245 e. The normalized spacial score (nSPS) is 11.4. The molecule has 11 aromatic rings. The molecule has 0 radical (unpaired) electrons. The standard InChI is InChI=1S/C54H34N4/c1-3-13-35(14-4-1)50-34-51(36-15-5-2-6-16-36)58-54(57-50)43-21-12-20-42(32-43)49-30-28-38-26-25-37-27-29-48(55-52(37)53(38)56-49)41-19-11-18-39(31-41)47-33-40-17-7-8-22-44(40)45-23-9-10-24-46(45)47/h1-34H. The number of fused-ring (bicyclic) bond motifs is 6. The first-order valence-electron chi connectivity index (χ1n) is 19.5. The molecular formula is C54H34N4. The molecule has 3 heterocycles. The summed E-state index contributed by atoms with van der Waals surface area (Å²) < 4.78 is 0. The van der Waals surface area contributed by atoms with Crippen molar-refractivity contribution in [1.82, 2.24) is 19.9 Å². The lowest BCUT2D eigenvalue weighted by molar-refractivity contribution is 1.18. The fourth-order valence-electron chi connectivity index (χ4n) is 8.14. The third-order valence-corrected chi connectivity index (χ3v) is 11.0. The second kappa shape index (κ2) is 14.0. The predicted molar refractivity (Wildman–Crippen MR) is 240 cm³/mol. The molecule has 0 bridgehead atoms. The number of nitrogens with zero attached hydrogens (tertiary/aromatic N) is 4. The van der Waals surface area contributed by atoms with Gasteiger partial charge in [0, 0.05) is 38.6 Å². The first-order chi connectivity index (χ1) is 28.7. The molecule has 0 saturated heterocycles. The van der Waals surface area contributed by atoms with Crippen molar-refractivity contribution < 1.29 is 0 Å². The summed E-state index contributed by atoms with van der Waals surface area (Å²) in [6.45, 7) is 0. The van der Waals surface area contributed by atoms with Crippen molar-refractivity contribution in [3.63, 3.8) is 0 Å². The molecule has 0 spiro atoms. The summed E-state index contributed by atoms with van der Waals surface area (Å²) in [6, 6.07) is 72.1. The van der Waals surface area contributed by atoms with Crippen molar-refractivity contribution in [3.8, 4) is 67.5 Å².